The van der Waals surface area contributed by atoms with Crippen molar-refractivity contribution in [3.8, 4) is 22.8 Å². The van der Waals surface area contributed by atoms with Gasteiger partial charge in [-0.1, -0.05) is 42.5 Å². The summed E-state index contributed by atoms with van der Waals surface area (Å²) in [5.41, 5.74) is 6.86. The molecule has 0 spiro atoms. The summed E-state index contributed by atoms with van der Waals surface area (Å²) >= 11 is 1.51. The van der Waals surface area contributed by atoms with Crippen LogP contribution in [0.2, 0.25) is 0 Å². The van der Waals surface area contributed by atoms with E-state index in [-0.39, 0.29) is 19.1 Å². The van der Waals surface area contributed by atoms with Crippen LogP contribution in [-0.4, -0.2) is 24.2 Å². The zero-order valence-corrected chi connectivity index (χ0v) is 20.2. The summed E-state index contributed by atoms with van der Waals surface area (Å²) in [5, 5.41) is 3.58. The molecule has 1 N–H and O–H groups in total. The molecule has 0 radical (unpaired) electrons. The first kappa shape index (κ1) is 21.7. The second-order valence-electron chi connectivity index (χ2n) is 8.84. The van der Waals surface area contributed by atoms with Gasteiger partial charge in [-0.2, -0.15) is 0 Å². The van der Waals surface area contributed by atoms with Gasteiger partial charge in [-0.15, -0.1) is 11.3 Å². The van der Waals surface area contributed by atoms with Crippen molar-refractivity contribution in [1.82, 2.24) is 4.98 Å². The molecule has 35 heavy (non-hydrogen) atoms. The summed E-state index contributed by atoms with van der Waals surface area (Å²) in [6.45, 7) is 4.21. The van der Waals surface area contributed by atoms with Crippen LogP contribution in [0.3, 0.4) is 0 Å². The van der Waals surface area contributed by atoms with E-state index in [0.717, 1.165) is 41.2 Å². The van der Waals surface area contributed by atoms with Crippen LogP contribution in [-0.2, 0) is 24.2 Å². The number of ether oxygens (including phenoxy) is 2. The van der Waals surface area contributed by atoms with Crippen LogP contribution >= 0.6 is 11.3 Å². The highest BCUT2D eigenvalue weighted by Gasteiger charge is 2.21. The smallest absolute Gasteiger partial charge is 0.231 e. The second-order valence-corrected chi connectivity index (χ2v) is 10.0. The number of aromatic nitrogens is 1. The van der Waals surface area contributed by atoms with Crippen LogP contribution in [0.15, 0.2) is 66.7 Å². The molecule has 0 saturated carbocycles. The normalized spacial score (nSPS) is 13.7. The topological polar surface area (TPSA) is 63.7 Å². The van der Waals surface area contributed by atoms with E-state index in [1.807, 2.05) is 18.2 Å². The van der Waals surface area contributed by atoms with Crippen LogP contribution in [0, 0.1) is 6.92 Å². The summed E-state index contributed by atoms with van der Waals surface area (Å²) in [7, 11) is 0. The first-order chi connectivity index (χ1) is 17.1. The van der Waals surface area contributed by atoms with Gasteiger partial charge >= 0.3 is 0 Å². The number of nitrogens with zero attached hydrogens (tertiary/aromatic N) is 2. The predicted molar refractivity (Wildman–Crippen MR) is 138 cm³/mol. The van der Waals surface area contributed by atoms with Crippen molar-refractivity contribution in [2.75, 3.05) is 23.6 Å². The molecule has 7 heteroatoms. The van der Waals surface area contributed by atoms with E-state index in [1.54, 1.807) is 0 Å². The monoisotopic (exact) mass is 483 g/mol. The summed E-state index contributed by atoms with van der Waals surface area (Å²) in [6.07, 6.45) is 1.28. The number of benzene rings is 3. The van der Waals surface area contributed by atoms with Crippen molar-refractivity contribution in [2.24, 2.45) is 0 Å². The zero-order chi connectivity index (χ0) is 23.8. The van der Waals surface area contributed by atoms with Gasteiger partial charge in [0.15, 0.2) is 16.6 Å². The van der Waals surface area contributed by atoms with Gasteiger partial charge in [0.1, 0.15) is 0 Å². The predicted octanol–water partition coefficient (Wildman–Crippen LogP) is 5.59. The maximum absolute atomic E-state index is 12.7. The lowest BCUT2D eigenvalue weighted by Crippen LogP contribution is -2.19. The molecule has 0 atom stereocenters. The average Bonchev–Trinajstić information content (AvgIpc) is 3.58. The van der Waals surface area contributed by atoms with Crippen molar-refractivity contribution in [2.45, 2.75) is 26.3 Å². The fraction of sp³-hybridized carbons (Fsp3) is 0.214. The molecule has 0 aliphatic carbocycles. The Morgan fingerprint density at radius 2 is 1.89 bits per heavy atom. The molecule has 2 aliphatic rings. The van der Waals surface area contributed by atoms with Gasteiger partial charge in [0.25, 0.3) is 0 Å². The van der Waals surface area contributed by atoms with Crippen molar-refractivity contribution < 1.29 is 14.3 Å². The molecule has 0 fully saturated rings. The van der Waals surface area contributed by atoms with E-state index in [0.29, 0.717) is 16.6 Å². The summed E-state index contributed by atoms with van der Waals surface area (Å²) in [4.78, 5) is 20.9. The second kappa shape index (κ2) is 9.07. The highest BCUT2D eigenvalue weighted by atomic mass is 32.1. The minimum Gasteiger partial charge on any atom is -0.454 e. The zero-order valence-electron chi connectivity index (χ0n) is 19.4. The van der Waals surface area contributed by atoms with E-state index in [9.17, 15) is 4.79 Å². The molecule has 0 unspecified atom stereocenters. The molecule has 1 aromatic heterocycles. The number of hydrogen-bond acceptors (Lipinski definition) is 6. The Labute approximate surface area is 208 Å². The van der Waals surface area contributed by atoms with Crippen LogP contribution in [0.5, 0.6) is 11.5 Å². The molecule has 6 rings (SSSR count). The van der Waals surface area contributed by atoms with E-state index >= 15 is 0 Å². The largest absolute Gasteiger partial charge is 0.454 e. The van der Waals surface area contributed by atoms with E-state index in [4.69, 9.17) is 14.5 Å². The van der Waals surface area contributed by atoms with Gasteiger partial charge < -0.3 is 19.7 Å². The third-order valence-electron chi connectivity index (χ3n) is 6.41. The molecule has 6 nitrogen and oxygen atoms in total. The number of hydrogen-bond donors (Lipinski definition) is 1. The van der Waals surface area contributed by atoms with Gasteiger partial charge in [-0.3, -0.25) is 4.79 Å². The fourth-order valence-corrected chi connectivity index (χ4v) is 5.55. The number of anilines is 2. The van der Waals surface area contributed by atoms with Crippen LogP contribution in [0.25, 0.3) is 11.3 Å². The molecule has 176 valence electrons. The standard InChI is InChI=1S/C28H25N3O3S/c1-18-27(22-8-9-23-21(15-22)11-12-31(23)16-19-5-3-2-4-6-19)30-28(35-18)29-26(32)14-20-7-10-24-25(13-20)34-17-33-24/h2-10,13,15H,11-12,14,16-17H2,1H3,(H,29,30,32). The van der Waals surface area contributed by atoms with E-state index < -0.39 is 0 Å². The van der Waals surface area contributed by atoms with E-state index in [1.165, 1.54) is 28.2 Å². The Kier molecular flexibility index (Phi) is 5.62. The third-order valence-corrected chi connectivity index (χ3v) is 7.29. The lowest BCUT2D eigenvalue weighted by Gasteiger charge is -2.19. The number of carbonyl (C=O) groups is 1. The summed E-state index contributed by atoms with van der Waals surface area (Å²) in [6, 6.07) is 22.8. The quantitative estimate of drug-likeness (QED) is 0.387. The molecule has 1 amide bonds. The number of aryl methyl sites for hydroxylation is 1. The highest BCUT2D eigenvalue weighted by Crippen LogP contribution is 2.36. The minimum absolute atomic E-state index is 0.102. The van der Waals surface area contributed by atoms with Gasteiger partial charge in [-0.05, 0) is 54.3 Å². The first-order valence-electron chi connectivity index (χ1n) is 11.7. The molecular formula is C28H25N3O3S. The van der Waals surface area contributed by atoms with Crippen molar-refractivity contribution in [3.63, 3.8) is 0 Å². The average molecular weight is 484 g/mol. The van der Waals surface area contributed by atoms with Crippen LogP contribution in [0.4, 0.5) is 10.8 Å². The summed E-state index contributed by atoms with van der Waals surface area (Å²) < 4.78 is 10.7. The molecule has 0 saturated heterocycles. The molecule has 3 heterocycles. The van der Waals surface area contributed by atoms with Crippen LogP contribution < -0.4 is 19.7 Å². The third kappa shape index (κ3) is 4.47. The minimum atomic E-state index is -0.102. The SMILES string of the molecule is Cc1sc(NC(=O)Cc2ccc3c(c2)OCO3)nc1-c1ccc2c(c1)CCN2Cc1ccccc1. The van der Waals surface area contributed by atoms with Gasteiger partial charge in [0.2, 0.25) is 12.7 Å². The van der Waals surface area contributed by atoms with Crippen molar-refractivity contribution >= 4 is 28.1 Å². The molecule has 0 bridgehead atoms. The summed E-state index contributed by atoms with van der Waals surface area (Å²) in [5.74, 6) is 1.29. The van der Waals surface area contributed by atoms with Crippen LogP contribution in [0.1, 0.15) is 21.6 Å². The Morgan fingerprint density at radius 3 is 2.77 bits per heavy atom. The number of thiazole rings is 1. The van der Waals surface area contributed by atoms with Gasteiger partial charge in [-0.25, -0.2) is 4.98 Å². The first-order valence-corrected chi connectivity index (χ1v) is 12.5. The maximum atomic E-state index is 12.7. The number of carbonyl (C=O) groups excluding carboxylic acids is 1. The van der Waals surface area contributed by atoms with Crippen molar-refractivity contribution in [3.05, 3.63) is 88.3 Å². The Hall–Kier alpha value is -3.84. The number of amides is 1. The van der Waals surface area contributed by atoms with Gasteiger partial charge in [0, 0.05) is 29.2 Å². The molecule has 3 aromatic carbocycles. The highest BCUT2D eigenvalue weighted by molar-refractivity contribution is 7.16. The number of fused-ring (bicyclic) bond motifs is 2. The maximum Gasteiger partial charge on any atom is 0.231 e. The fourth-order valence-electron chi connectivity index (χ4n) is 4.70. The molecule has 2 aliphatic heterocycles. The Bertz CT molecular complexity index is 1400. The molecule has 4 aromatic rings. The lowest BCUT2D eigenvalue weighted by molar-refractivity contribution is -0.115. The number of rotatable bonds is 6. The van der Waals surface area contributed by atoms with Crippen molar-refractivity contribution in [1.29, 1.82) is 0 Å². The van der Waals surface area contributed by atoms with E-state index in [2.05, 4.69) is 65.7 Å². The van der Waals surface area contributed by atoms with Gasteiger partial charge in [0.05, 0.1) is 12.1 Å². The lowest BCUT2D eigenvalue weighted by atomic mass is 10.1. The Morgan fingerprint density at radius 1 is 1.03 bits per heavy atom. The number of nitrogens with one attached hydrogen (secondary N) is 1. The molecular weight excluding hydrogens is 458 g/mol. The Balaban J connectivity index is 1.15.